The lowest BCUT2D eigenvalue weighted by molar-refractivity contribution is -0.129. The van der Waals surface area contributed by atoms with Crippen molar-refractivity contribution in [3.63, 3.8) is 0 Å². The summed E-state index contributed by atoms with van der Waals surface area (Å²) in [4.78, 5) is 18.6. The summed E-state index contributed by atoms with van der Waals surface area (Å²) < 4.78 is 0.878. The molecule has 1 N–H and O–H groups in total. The number of nitrogens with one attached hydrogen (secondary N) is 1. The van der Waals surface area contributed by atoms with E-state index in [-0.39, 0.29) is 17.4 Å². The fourth-order valence-electron chi connectivity index (χ4n) is 2.28. The van der Waals surface area contributed by atoms with Gasteiger partial charge in [-0.3, -0.25) is 4.79 Å². The second-order valence-corrected chi connectivity index (χ2v) is 7.77. The Bertz CT molecular complexity index is 522. The summed E-state index contributed by atoms with van der Waals surface area (Å²) in [5, 5.41) is 3.78. The normalized spacial score (nSPS) is 16.9. The molecule has 0 aromatic carbocycles. The van der Waals surface area contributed by atoms with Gasteiger partial charge in [-0.15, -0.1) is 0 Å². The van der Waals surface area contributed by atoms with Crippen LogP contribution in [0.15, 0.2) is 16.7 Å². The molecule has 1 aromatic rings. The molecule has 0 atom stereocenters. The minimum atomic E-state index is -0.340. The van der Waals surface area contributed by atoms with Crippen LogP contribution >= 0.6 is 27.5 Å². The first-order chi connectivity index (χ1) is 9.77. The largest absolute Gasteiger partial charge is 0.355 e. The van der Waals surface area contributed by atoms with Crippen LogP contribution in [-0.4, -0.2) is 30.0 Å². The van der Waals surface area contributed by atoms with E-state index in [0.29, 0.717) is 5.02 Å². The minimum absolute atomic E-state index is 0.112. The van der Waals surface area contributed by atoms with Crippen molar-refractivity contribution in [1.29, 1.82) is 0 Å². The minimum Gasteiger partial charge on any atom is -0.355 e. The third kappa shape index (κ3) is 4.33. The number of piperidine rings is 1. The van der Waals surface area contributed by atoms with E-state index in [2.05, 4.69) is 31.1 Å². The van der Waals surface area contributed by atoms with Crippen molar-refractivity contribution in [3.8, 4) is 0 Å². The van der Waals surface area contributed by atoms with Crippen LogP contribution in [-0.2, 0) is 4.79 Å². The Morgan fingerprint density at radius 2 is 2.05 bits per heavy atom. The van der Waals surface area contributed by atoms with E-state index in [1.54, 1.807) is 6.20 Å². The Hall–Kier alpha value is -0.810. The molecule has 0 saturated carbocycles. The van der Waals surface area contributed by atoms with Gasteiger partial charge >= 0.3 is 0 Å². The number of rotatable bonds is 2. The SMILES string of the molecule is CC(C)(C)C(=O)NC1CCN(c2ncc(Br)cc2Cl)CC1. The molecule has 0 radical (unpaired) electrons. The summed E-state index contributed by atoms with van der Waals surface area (Å²) in [6.07, 6.45) is 3.58. The van der Waals surface area contributed by atoms with Crippen LogP contribution < -0.4 is 10.2 Å². The van der Waals surface area contributed by atoms with Crippen molar-refractivity contribution in [2.75, 3.05) is 18.0 Å². The van der Waals surface area contributed by atoms with Crippen molar-refractivity contribution in [3.05, 3.63) is 21.8 Å². The highest BCUT2D eigenvalue weighted by atomic mass is 79.9. The number of hydrogen-bond donors (Lipinski definition) is 1. The van der Waals surface area contributed by atoms with Crippen LogP contribution in [0.3, 0.4) is 0 Å². The van der Waals surface area contributed by atoms with Crippen LogP contribution in [0.2, 0.25) is 5.02 Å². The first-order valence-corrected chi connectivity index (χ1v) is 8.31. The second kappa shape index (κ2) is 6.53. The number of hydrogen-bond acceptors (Lipinski definition) is 3. The molecule has 1 aromatic heterocycles. The van der Waals surface area contributed by atoms with Crippen molar-refractivity contribution in [2.24, 2.45) is 5.41 Å². The molecule has 21 heavy (non-hydrogen) atoms. The first-order valence-electron chi connectivity index (χ1n) is 7.14. The van der Waals surface area contributed by atoms with Crippen molar-refractivity contribution in [2.45, 2.75) is 39.7 Å². The third-order valence-corrected chi connectivity index (χ3v) is 4.31. The highest BCUT2D eigenvalue weighted by Gasteiger charge is 2.27. The maximum absolute atomic E-state index is 12.0. The van der Waals surface area contributed by atoms with Crippen molar-refractivity contribution < 1.29 is 4.79 Å². The molecule has 0 spiro atoms. The van der Waals surface area contributed by atoms with Gasteiger partial charge in [-0.05, 0) is 34.8 Å². The standard InChI is InChI=1S/C15H21BrClN3O/c1-15(2,3)14(21)19-11-4-6-20(7-5-11)13-12(17)8-10(16)9-18-13/h8-9,11H,4-7H2,1-3H3,(H,19,21). The zero-order chi connectivity index (χ0) is 15.6. The van der Waals surface area contributed by atoms with Crippen molar-refractivity contribution >= 4 is 39.3 Å². The lowest BCUT2D eigenvalue weighted by Gasteiger charge is -2.34. The average Bonchev–Trinajstić information content (AvgIpc) is 2.39. The molecule has 2 rings (SSSR count). The smallest absolute Gasteiger partial charge is 0.225 e. The van der Waals surface area contributed by atoms with Crippen LogP contribution in [0.5, 0.6) is 0 Å². The lowest BCUT2D eigenvalue weighted by atomic mass is 9.94. The number of aromatic nitrogens is 1. The maximum atomic E-state index is 12.0. The second-order valence-electron chi connectivity index (χ2n) is 6.44. The van der Waals surface area contributed by atoms with Gasteiger partial charge in [0, 0.05) is 35.2 Å². The molecule has 6 heteroatoms. The van der Waals surface area contributed by atoms with Gasteiger partial charge in [-0.1, -0.05) is 32.4 Å². The number of carbonyl (C=O) groups is 1. The summed E-state index contributed by atoms with van der Waals surface area (Å²) in [5.41, 5.74) is -0.340. The third-order valence-electron chi connectivity index (χ3n) is 3.60. The Balaban J connectivity index is 1.93. The molecule has 0 aliphatic carbocycles. The Morgan fingerprint density at radius 1 is 1.43 bits per heavy atom. The molecule has 1 amide bonds. The Labute approximate surface area is 139 Å². The molecule has 1 saturated heterocycles. The monoisotopic (exact) mass is 373 g/mol. The summed E-state index contributed by atoms with van der Waals surface area (Å²) in [5.74, 6) is 0.932. The Kier molecular flexibility index (Phi) is 5.15. The molecule has 1 aliphatic rings. The van der Waals surface area contributed by atoms with E-state index in [9.17, 15) is 4.79 Å². The number of halogens is 2. The quantitative estimate of drug-likeness (QED) is 0.860. The predicted molar refractivity (Wildman–Crippen MR) is 89.8 cm³/mol. The van der Waals surface area contributed by atoms with E-state index < -0.39 is 0 Å². The van der Waals surface area contributed by atoms with Crippen molar-refractivity contribution in [1.82, 2.24) is 10.3 Å². The van der Waals surface area contributed by atoms with E-state index in [1.807, 2.05) is 26.8 Å². The molecule has 116 valence electrons. The number of amides is 1. The highest BCUT2D eigenvalue weighted by Crippen LogP contribution is 2.28. The van der Waals surface area contributed by atoms with E-state index in [0.717, 1.165) is 36.2 Å². The van der Waals surface area contributed by atoms with Gasteiger partial charge in [0.25, 0.3) is 0 Å². The van der Waals surface area contributed by atoms with Crippen LogP contribution in [0.1, 0.15) is 33.6 Å². The fraction of sp³-hybridized carbons (Fsp3) is 0.600. The molecule has 0 bridgehead atoms. The Morgan fingerprint density at radius 3 is 2.57 bits per heavy atom. The fourth-order valence-corrected chi connectivity index (χ4v) is 3.03. The molecule has 4 nitrogen and oxygen atoms in total. The molecular formula is C15H21BrClN3O. The molecule has 2 heterocycles. The first kappa shape index (κ1) is 16.6. The molecule has 0 unspecified atom stereocenters. The maximum Gasteiger partial charge on any atom is 0.225 e. The van der Waals surface area contributed by atoms with Crippen LogP contribution in [0, 0.1) is 5.41 Å². The number of carbonyl (C=O) groups excluding carboxylic acids is 1. The molecular weight excluding hydrogens is 354 g/mol. The van der Waals surface area contributed by atoms with Gasteiger partial charge in [0.15, 0.2) is 0 Å². The molecule has 1 aliphatic heterocycles. The number of anilines is 1. The van der Waals surface area contributed by atoms with Gasteiger partial charge in [0.1, 0.15) is 5.82 Å². The zero-order valence-corrected chi connectivity index (χ0v) is 15.0. The van der Waals surface area contributed by atoms with Gasteiger partial charge in [-0.2, -0.15) is 0 Å². The summed E-state index contributed by atoms with van der Waals surface area (Å²) in [6.45, 7) is 7.50. The van der Waals surface area contributed by atoms with E-state index in [1.165, 1.54) is 0 Å². The topological polar surface area (TPSA) is 45.2 Å². The summed E-state index contributed by atoms with van der Waals surface area (Å²) >= 11 is 9.60. The summed E-state index contributed by atoms with van der Waals surface area (Å²) in [7, 11) is 0. The predicted octanol–water partition coefficient (Wildman–Crippen LogP) is 3.63. The van der Waals surface area contributed by atoms with Crippen LogP contribution in [0.25, 0.3) is 0 Å². The lowest BCUT2D eigenvalue weighted by Crippen LogP contribution is -2.48. The van der Waals surface area contributed by atoms with Gasteiger partial charge in [0.05, 0.1) is 5.02 Å². The zero-order valence-electron chi connectivity index (χ0n) is 12.6. The summed E-state index contributed by atoms with van der Waals surface area (Å²) in [6, 6.07) is 2.10. The van der Waals surface area contributed by atoms with Crippen LogP contribution in [0.4, 0.5) is 5.82 Å². The van der Waals surface area contributed by atoms with E-state index >= 15 is 0 Å². The number of pyridine rings is 1. The van der Waals surface area contributed by atoms with Gasteiger partial charge in [0.2, 0.25) is 5.91 Å². The van der Waals surface area contributed by atoms with Gasteiger partial charge < -0.3 is 10.2 Å². The number of nitrogens with zero attached hydrogens (tertiary/aromatic N) is 2. The highest BCUT2D eigenvalue weighted by molar-refractivity contribution is 9.10. The average molecular weight is 375 g/mol. The van der Waals surface area contributed by atoms with E-state index in [4.69, 9.17) is 11.6 Å². The molecule has 1 fully saturated rings. The van der Waals surface area contributed by atoms with Gasteiger partial charge in [-0.25, -0.2) is 4.98 Å².